The molecule has 2 amide bonds. The number of ether oxygens (including phenoxy) is 1. The molecule has 0 atom stereocenters. The summed E-state index contributed by atoms with van der Waals surface area (Å²) in [6, 6.07) is 12.0. The van der Waals surface area contributed by atoms with Crippen LogP contribution in [-0.2, 0) is 20.9 Å². The lowest BCUT2D eigenvalue weighted by molar-refractivity contribution is -0.124. The van der Waals surface area contributed by atoms with E-state index in [4.69, 9.17) is 16.3 Å². The van der Waals surface area contributed by atoms with E-state index in [2.05, 4.69) is 10.6 Å². The van der Waals surface area contributed by atoms with Crippen molar-refractivity contribution >= 4 is 46.8 Å². The molecule has 3 rings (SSSR count). The van der Waals surface area contributed by atoms with Crippen LogP contribution in [0.15, 0.2) is 47.4 Å². The van der Waals surface area contributed by atoms with Crippen molar-refractivity contribution in [2.45, 2.75) is 17.9 Å². The monoisotopic (exact) mass is 404 g/mol. The predicted molar refractivity (Wildman–Crippen MR) is 104 cm³/mol. The zero-order valence-electron chi connectivity index (χ0n) is 14.3. The summed E-state index contributed by atoms with van der Waals surface area (Å²) in [7, 11) is 0. The number of carbonyl (C=O) groups is 3. The van der Waals surface area contributed by atoms with Gasteiger partial charge in [0.05, 0.1) is 11.3 Å². The highest BCUT2D eigenvalue weighted by Crippen LogP contribution is 2.31. The number of carbonyl (C=O) groups excluding carboxylic acids is 3. The highest BCUT2D eigenvalue weighted by molar-refractivity contribution is 7.99. The summed E-state index contributed by atoms with van der Waals surface area (Å²) < 4.78 is 5.05. The molecule has 0 radical (unpaired) electrons. The second kappa shape index (κ2) is 8.92. The molecule has 0 saturated carbocycles. The molecule has 0 saturated heterocycles. The average molecular weight is 405 g/mol. The summed E-state index contributed by atoms with van der Waals surface area (Å²) in [6.45, 7) is -0.0692. The second-order valence-electron chi connectivity index (χ2n) is 5.84. The molecule has 0 bridgehead atoms. The van der Waals surface area contributed by atoms with Gasteiger partial charge in [-0.15, -0.1) is 11.8 Å². The van der Waals surface area contributed by atoms with Gasteiger partial charge >= 0.3 is 5.97 Å². The normalized spacial score (nSPS) is 13.1. The first-order chi connectivity index (χ1) is 13.0. The zero-order valence-corrected chi connectivity index (χ0v) is 15.9. The number of halogens is 1. The fourth-order valence-corrected chi connectivity index (χ4v) is 3.48. The minimum Gasteiger partial charge on any atom is -0.452 e. The van der Waals surface area contributed by atoms with Crippen LogP contribution >= 0.6 is 23.4 Å². The van der Waals surface area contributed by atoms with Gasteiger partial charge in [0, 0.05) is 28.6 Å². The zero-order chi connectivity index (χ0) is 19.2. The minimum atomic E-state index is -0.622. The van der Waals surface area contributed by atoms with E-state index in [9.17, 15) is 14.4 Å². The van der Waals surface area contributed by atoms with Crippen LogP contribution in [-0.4, -0.2) is 30.1 Å². The van der Waals surface area contributed by atoms with Gasteiger partial charge in [-0.25, -0.2) is 4.79 Å². The Balaban J connectivity index is 1.52. The van der Waals surface area contributed by atoms with E-state index in [1.807, 2.05) is 0 Å². The molecule has 2 aromatic rings. The van der Waals surface area contributed by atoms with Gasteiger partial charge < -0.3 is 15.4 Å². The van der Waals surface area contributed by atoms with Crippen molar-refractivity contribution in [3.8, 4) is 0 Å². The van der Waals surface area contributed by atoms with Crippen molar-refractivity contribution in [1.29, 1.82) is 0 Å². The van der Waals surface area contributed by atoms with Crippen LogP contribution in [0.4, 0.5) is 5.69 Å². The van der Waals surface area contributed by atoms with E-state index in [0.29, 0.717) is 29.4 Å². The van der Waals surface area contributed by atoms with Gasteiger partial charge in [0.2, 0.25) is 5.91 Å². The van der Waals surface area contributed by atoms with Crippen molar-refractivity contribution in [3.63, 3.8) is 0 Å². The summed E-state index contributed by atoms with van der Waals surface area (Å²) in [5, 5.41) is 6.06. The maximum atomic E-state index is 12.2. The summed E-state index contributed by atoms with van der Waals surface area (Å²) in [6.07, 6.45) is 0.424. The summed E-state index contributed by atoms with van der Waals surface area (Å²) in [4.78, 5) is 36.6. The SMILES string of the molecule is O=C(COC(=O)c1ccc2c(c1)NC(=O)CCS2)NCc1ccc(Cl)cc1. The molecule has 8 heteroatoms. The quantitative estimate of drug-likeness (QED) is 0.747. The second-order valence-corrected chi connectivity index (χ2v) is 7.41. The molecular weight excluding hydrogens is 388 g/mol. The smallest absolute Gasteiger partial charge is 0.338 e. The molecule has 6 nitrogen and oxygen atoms in total. The molecule has 140 valence electrons. The number of benzene rings is 2. The van der Waals surface area contributed by atoms with E-state index in [1.165, 1.54) is 0 Å². The number of fused-ring (bicyclic) bond motifs is 1. The lowest BCUT2D eigenvalue weighted by Crippen LogP contribution is -2.28. The number of amides is 2. The van der Waals surface area contributed by atoms with Crippen molar-refractivity contribution < 1.29 is 19.1 Å². The van der Waals surface area contributed by atoms with Crippen LogP contribution in [0.5, 0.6) is 0 Å². The molecule has 2 aromatic carbocycles. The number of hydrogen-bond acceptors (Lipinski definition) is 5. The lowest BCUT2D eigenvalue weighted by atomic mass is 10.2. The van der Waals surface area contributed by atoms with Crippen molar-refractivity contribution in [1.82, 2.24) is 5.32 Å². The summed E-state index contributed by atoms with van der Waals surface area (Å²) in [5.74, 6) is -0.427. The maximum Gasteiger partial charge on any atom is 0.338 e. The molecule has 1 aliphatic rings. The van der Waals surface area contributed by atoms with E-state index >= 15 is 0 Å². The average Bonchev–Trinajstić information content (AvgIpc) is 2.85. The number of thioether (sulfide) groups is 1. The van der Waals surface area contributed by atoms with Crippen LogP contribution in [0.3, 0.4) is 0 Å². The molecule has 0 unspecified atom stereocenters. The minimum absolute atomic E-state index is 0.0895. The van der Waals surface area contributed by atoms with Crippen LogP contribution < -0.4 is 10.6 Å². The molecule has 0 aromatic heterocycles. The van der Waals surface area contributed by atoms with Crippen LogP contribution in [0, 0.1) is 0 Å². The summed E-state index contributed by atoms with van der Waals surface area (Å²) in [5.41, 5.74) is 1.75. The third-order valence-electron chi connectivity index (χ3n) is 3.81. The summed E-state index contributed by atoms with van der Waals surface area (Å²) >= 11 is 7.36. The Morgan fingerprint density at radius 1 is 1.19 bits per heavy atom. The number of nitrogens with one attached hydrogen (secondary N) is 2. The Morgan fingerprint density at radius 3 is 2.74 bits per heavy atom. The Hall–Kier alpha value is -2.51. The van der Waals surface area contributed by atoms with Crippen molar-refractivity contribution in [3.05, 3.63) is 58.6 Å². The Morgan fingerprint density at radius 2 is 1.96 bits per heavy atom. The van der Waals surface area contributed by atoms with E-state index in [1.54, 1.807) is 54.2 Å². The third kappa shape index (κ3) is 5.48. The fraction of sp³-hybridized carbons (Fsp3) is 0.211. The van der Waals surface area contributed by atoms with E-state index in [0.717, 1.165) is 10.5 Å². The van der Waals surface area contributed by atoms with Crippen LogP contribution in [0.25, 0.3) is 0 Å². The molecule has 0 spiro atoms. The number of hydrogen-bond donors (Lipinski definition) is 2. The van der Waals surface area contributed by atoms with Gasteiger partial charge in [0.1, 0.15) is 0 Å². The van der Waals surface area contributed by atoms with Crippen LogP contribution in [0.2, 0.25) is 5.02 Å². The first-order valence-electron chi connectivity index (χ1n) is 8.26. The van der Waals surface area contributed by atoms with Gasteiger partial charge in [-0.3, -0.25) is 9.59 Å². The molecule has 2 N–H and O–H groups in total. The van der Waals surface area contributed by atoms with Gasteiger partial charge in [-0.1, -0.05) is 23.7 Å². The van der Waals surface area contributed by atoms with E-state index in [-0.39, 0.29) is 18.1 Å². The molecule has 1 aliphatic heterocycles. The van der Waals surface area contributed by atoms with Gasteiger partial charge in [0.15, 0.2) is 6.61 Å². The van der Waals surface area contributed by atoms with E-state index < -0.39 is 11.9 Å². The molecule has 1 heterocycles. The van der Waals surface area contributed by atoms with Gasteiger partial charge in [-0.2, -0.15) is 0 Å². The Bertz CT molecular complexity index is 871. The van der Waals surface area contributed by atoms with Crippen LogP contribution in [0.1, 0.15) is 22.3 Å². The maximum absolute atomic E-state index is 12.2. The van der Waals surface area contributed by atoms with Crippen molar-refractivity contribution in [2.24, 2.45) is 0 Å². The fourth-order valence-electron chi connectivity index (χ4n) is 2.42. The largest absolute Gasteiger partial charge is 0.452 e. The van der Waals surface area contributed by atoms with Gasteiger partial charge in [0.25, 0.3) is 5.91 Å². The van der Waals surface area contributed by atoms with Gasteiger partial charge in [-0.05, 0) is 35.9 Å². The third-order valence-corrected chi connectivity index (χ3v) is 5.14. The number of rotatable bonds is 5. The Kier molecular flexibility index (Phi) is 6.36. The molecule has 27 heavy (non-hydrogen) atoms. The highest BCUT2D eigenvalue weighted by atomic mass is 35.5. The van der Waals surface area contributed by atoms with Crippen molar-refractivity contribution in [2.75, 3.05) is 17.7 Å². The standard InChI is InChI=1S/C19H17ClN2O4S/c20-14-4-1-12(2-5-14)10-21-18(24)11-26-19(25)13-3-6-16-15(9-13)22-17(23)7-8-27-16/h1-6,9H,7-8,10-11H2,(H,21,24)(H,22,23). The predicted octanol–water partition coefficient (Wildman–Crippen LogP) is 3.25. The Labute approximate surface area is 165 Å². The molecule has 0 aliphatic carbocycles. The lowest BCUT2D eigenvalue weighted by Gasteiger charge is -2.10. The molecular formula is C19H17ClN2O4S. The molecule has 0 fully saturated rings. The highest BCUT2D eigenvalue weighted by Gasteiger charge is 2.17. The first-order valence-corrected chi connectivity index (χ1v) is 9.62. The first kappa shape index (κ1) is 19.3. The number of anilines is 1. The number of esters is 1. The topological polar surface area (TPSA) is 84.5 Å².